The molecule has 2 nitrogen and oxygen atoms in total. The molecule has 3 rings (SSSR count). The summed E-state index contributed by atoms with van der Waals surface area (Å²) in [5, 5.41) is 1.95. The monoisotopic (exact) mass is 270 g/mol. The van der Waals surface area contributed by atoms with E-state index in [9.17, 15) is 0 Å². The van der Waals surface area contributed by atoms with Gasteiger partial charge in [0.25, 0.3) is 0 Å². The maximum Gasteiger partial charge on any atom is 0.0494 e. The number of fused-ring (bicyclic) bond motifs is 1. The SMILES string of the molecule is CC(C)n1c(-c2ccncc2)cc2cc(Cl)ccc21. The van der Waals surface area contributed by atoms with Gasteiger partial charge in [-0.3, -0.25) is 4.98 Å². The van der Waals surface area contributed by atoms with Crippen molar-refractivity contribution in [3.05, 3.63) is 53.8 Å². The van der Waals surface area contributed by atoms with E-state index in [1.54, 1.807) is 0 Å². The van der Waals surface area contributed by atoms with Crippen molar-refractivity contribution < 1.29 is 0 Å². The highest BCUT2D eigenvalue weighted by Gasteiger charge is 2.13. The number of hydrogen-bond acceptors (Lipinski definition) is 1. The first-order chi connectivity index (χ1) is 9.16. The van der Waals surface area contributed by atoms with Crippen LogP contribution in [0.1, 0.15) is 19.9 Å². The van der Waals surface area contributed by atoms with E-state index in [2.05, 4.69) is 35.5 Å². The summed E-state index contributed by atoms with van der Waals surface area (Å²) in [6.45, 7) is 4.39. The number of rotatable bonds is 2. The van der Waals surface area contributed by atoms with Gasteiger partial charge in [0.05, 0.1) is 0 Å². The predicted molar refractivity (Wildman–Crippen MR) is 80.6 cm³/mol. The topological polar surface area (TPSA) is 17.8 Å². The van der Waals surface area contributed by atoms with Crippen molar-refractivity contribution >= 4 is 22.5 Å². The van der Waals surface area contributed by atoms with Crippen LogP contribution in [0.15, 0.2) is 48.8 Å². The zero-order valence-corrected chi connectivity index (χ0v) is 11.7. The summed E-state index contributed by atoms with van der Waals surface area (Å²) in [7, 11) is 0. The Kier molecular flexibility index (Phi) is 3.03. The molecule has 0 N–H and O–H groups in total. The second-order valence-corrected chi connectivity index (χ2v) is 5.37. The molecule has 3 aromatic rings. The van der Waals surface area contributed by atoms with E-state index in [1.807, 2.05) is 36.7 Å². The predicted octanol–water partition coefficient (Wildman–Crippen LogP) is 4.94. The number of pyridine rings is 1. The molecule has 2 aromatic heterocycles. The molecule has 0 aliphatic rings. The molecule has 3 heteroatoms. The molecule has 0 aliphatic heterocycles. The number of aromatic nitrogens is 2. The third-order valence-electron chi connectivity index (χ3n) is 3.29. The second-order valence-electron chi connectivity index (χ2n) is 4.93. The molecule has 0 radical (unpaired) electrons. The minimum atomic E-state index is 0.391. The molecule has 0 atom stereocenters. The fourth-order valence-electron chi connectivity index (χ4n) is 2.51. The van der Waals surface area contributed by atoms with Gasteiger partial charge in [0.15, 0.2) is 0 Å². The van der Waals surface area contributed by atoms with E-state index in [4.69, 9.17) is 11.6 Å². The fourth-order valence-corrected chi connectivity index (χ4v) is 2.69. The Balaban J connectivity index is 2.32. The first-order valence-corrected chi connectivity index (χ1v) is 6.75. The van der Waals surface area contributed by atoms with Crippen LogP contribution in [0.5, 0.6) is 0 Å². The van der Waals surface area contributed by atoms with Crippen LogP contribution in [0.3, 0.4) is 0 Å². The van der Waals surface area contributed by atoms with Crippen LogP contribution in [-0.2, 0) is 0 Å². The lowest BCUT2D eigenvalue weighted by Gasteiger charge is -2.14. The standard InChI is InChI=1S/C16H15ClN2/c1-11(2)19-15-4-3-14(17)9-13(15)10-16(19)12-5-7-18-8-6-12/h3-11H,1-2H3. The first kappa shape index (κ1) is 12.2. The van der Waals surface area contributed by atoms with E-state index in [1.165, 1.54) is 22.2 Å². The van der Waals surface area contributed by atoms with Crippen molar-refractivity contribution in [3.63, 3.8) is 0 Å². The summed E-state index contributed by atoms with van der Waals surface area (Å²) in [4.78, 5) is 4.08. The molecular weight excluding hydrogens is 256 g/mol. The summed E-state index contributed by atoms with van der Waals surface area (Å²) in [6.07, 6.45) is 3.65. The van der Waals surface area contributed by atoms with Gasteiger partial charge in [-0.05, 0) is 50.2 Å². The molecule has 19 heavy (non-hydrogen) atoms. The summed E-state index contributed by atoms with van der Waals surface area (Å²) >= 11 is 6.09. The van der Waals surface area contributed by atoms with Gasteiger partial charge in [0, 0.05) is 45.6 Å². The van der Waals surface area contributed by atoms with Crippen molar-refractivity contribution in [1.82, 2.24) is 9.55 Å². The van der Waals surface area contributed by atoms with E-state index in [0.29, 0.717) is 6.04 Å². The quantitative estimate of drug-likeness (QED) is 0.645. The van der Waals surface area contributed by atoms with Gasteiger partial charge >= 0.3 is 0 Å². The minimum absolute atomic E-state index is 0.391. The zero-order valence-electron chi connectivity index (χ0n) is 11.0. The van der Waals surface area contributed by atoms with Gasteiger partial charge in [0.1, 0.15) is 0 Å². The largest absolute Gasteiger partial charge is 0.338 e. The zero-order chi connectivity index (χ0) is 13.4. The van der Waals surface area contributed by atoms with Crippen molar-refractivity contribution in [1.29, 1.82) is 0 Å². The second kappa shape index (κ2) is 4.71. The highest BCUT2D eigenvalue weighted by Crippen LogP contribution is 2.32. The van der Waals surface area contributed by atoms with Crippen molar-refractivity contribution in [2.75, 3.05) is 0 Å². The number of nitrogens with zero attached hydrogens (tertiary/aromatic N) is 2. The number of benzene rings is 1. The van der Waals surface area contributed by atoms with E-state index in [0.717, 1.165) is 5.02 Å². The van der Waals surface area contributed by atoms with Crippen LogP contribution in [0.25, 0.3) is 22.2 Å². The lowest BCUT2D eigenvalue weighted by Crippen LogP contribution is -2.02. The Morgan fingerprint density at radius 3 is 2.47 bits per heavy atom. The Labute approximate surface area is 117 Å². The Hall–Kier alpha value is -1.80. The summed E-state index contributed by atoms with van der Waals surface area (Å²) in [5.41, 5.74) is 3.59. The molecular formula is C16H15ClN2. The number of hydrogen-bond donors (Lipinski definition) is 0. The van der Waals surface area contributed by atoms with Crippen LogP contribution in [-0.4, -0.2) is 9.55 Å². The van der Waals surface area contributed by atoms with E-state index < -0.39 is 0 Å². The molecule has 0 fully saturated rings. The lowest BCUT2D eigenvalue weighted by atomic mass is 10.2. The third kappa shape index (κ3) is 2.13. The minimum Gasteiger partial charge on any atom is -0.338 e. The summed E-state index contributed by atoms with van der Waals surface area (Å²) < 4.78 is 2.33. The van der Waals surface area contributed by atoms with E-state index >= 15 is 0 Å². The van der Waals surface area contributed by atoms with Crippen molar-refractivity contribution in [3.8, 4) is 11.3 Å². The van der Waals surface area contributed by atoms with Gasteiger partial charge in [-0.2, -0.15) is 0 Å². The molecule has 1 aromatic carbocycles. The van der Waals surface area contributed by atoms with Crippen LogP contribution >= 0.6 is 11.6 Å². The highest BCUT2D eigenvalue weighted by molar-refractivity contribution is 6.31. The van der Waals surface area contributed by atoms with Gasteiger partial charge in [0.2, 0.25) is 0 Å². The van der Waals surface area contributed by atoms with E-state index in [-0.39, 0.29) is 0 Å². The number of halogens is 1. The van der Waals surface area contributed by atoms with Gasteiger partial charge < -0.3 is 4.57 Å². The van der Waals surface area contributed by atoms with Crippen molar-refractivity contribution in [2.24, 2.45) is 0 Å². The molecule has 96 valence electrons. The molecule has 0 saturated heterocycles. The average molecular weight is 271 g/mol. The smallest absolute Gasteiger partial charge is 0.0494 e. The van der Waals surface area contributed by atoms with Gasteiger partial charge in [-0.1, -0.05) is 11.6 Å². The highest BCUT2D eigenvalue weighted by atomic mass is 35.5. The maximum absolute atomic E-state index is 6.09. The van der Waals surface area contributed by atoms with Crippen molar-refractivity contribution in [2.45, 2.75) is 19.9 Å². The maximum atomic E-state index is 6.09. The fraction of sp³-hybridized carbons (Fsp3) is 0.188. The van der Waals surface area contributed by atoms with Crippen LogP contribution < -0.4 is 0 Å². The first-order valence-electron chi connectivity index (χ1n) is 6.37. The molecule has 0 saturated carbocycles. The molecule has 0 spiro atoms. The molecule has 0 amide bonds. The van der Waals surface area contributed by atoms with Crippen LogP contribution in [0.4, 0.5) is 0 Å². The average Bonchev–Trinajstić information content (AvgIpc) is 2.78. The molecule has 0 aliphatic carbocycles. The Bertz CT molecular complexity index is 714. The van der Waals surface area contributed by atoms with Gasteiger partial charge in [-0.25, -0.2) is 0 Å². The normalized spacial score (nSPS) is 11.4. The summed E-state index contributed by atoms with van der Waals surface area (Å²) in [6, 6.07) is 12.7. The Morgan fingerprint density at radius 1 is 1.05 bits per heavy atom. The Morgan fingerprint density at radius 2 is 1.79 bits per heavy atom. The molecule has 0 unspecified atom stereocenters. The van der Waals surface area contributed by atoms with Gasteiger partial charge in [-0.15, -0.1) is 0 Å². The van der Waals surface area contributed by atoms with Crippen LogP contribution in [0.2, 0.25) is 5.02 Å². The molecule has 0 bridgehead atoms. The summed E-state index contributed by atoms with van der Waals surface area (Å²) in [5.74, 6) is 0. The van der Waals surface area contributed by atoms with Crippen LogP contribution in [0, 0.1) is 0 Å². The molecule has 2 heterocycles. The third-order valence-corrected chi connectivity index (χ3v) is 3.53. The lowest BCUT2D eigenvalue weighted by molar-refractivity contribution is 0.629.